The zero-order chi connectivity index (χ0) is 15.4. The monoisotopic (exact) mass is 368 g/mol. The molecule has 0 radical (unpaired) electrons. The molecule has 108 valence electrons. The molecule has 3 aromatic rings. The van der Waals surface area contributed by atoms with Gasteiger partial charge in [0.2, 0.25) is 0 Å². The first-order valence-electron chi connectivity index (χ1n) is 6.86. The van der Waals surface area contributed by atoms with Crippen LogP contribution in [0.25, 0.3) is 0 Å². The first-order valence-corrected chi connectivity index (χ1v) is 8.47. The van der Waals surface area contributed by atoms with Crippen molar-refractivity contribution in [3.05, 3.63) is 94.5 Å². The third kappa shape index (κ3) is 3.49. The maximum absolute atomic E-state index is 12.7. The third-order valence-corrected chi connectivity index (χ3v) is 4.82. The van der Waals surface area contributed by atoms with E-state index in [9.17, 15) is 4.79 Å². The molecule has 0 atom stereocenters. The summed E-state index contributed by atoms with van der Waals surface area (Å²) in [6.45, 7) is 0. The second kappa shape index (κ2) is 6.95. The Balaban J connectivity index is 1.93. The van der Waals surface area contributed by atoms with Gasteiger partial charge >= 0.3 is 0 Å². The fourth-order valence-electron chi connectivity index (χ4n) is 2.12. The summed E-state index contributed by atoms with van der Waals surface area (Å²) in [5.41, 5.74) is 1.45. The van der Waals surface area contributed by atoms with Gasteiger partial charge in [0.15, 0.2) is 5.78 Å². The van der Waals surface area contributed by atoms with Crippen LogP contribution < -0.4 is 0 Å². The largest absolute Gasteiger partial charge is 0.289 e. The van der Waals surface area contributed by atoms with Crippen LogP contribution in [-0.4, -0.2) is 5.78 Å². The molecule has 1 nitrogen and oxygen atoms in total. The average Bonchev–Trinajstić information content (AvgIpc) is 2.58. The highest BCUT2D eigenvalue weighted by Crippen LogP contribution is 2.32. The number of rotatable bonds is 4. The summed E-state index contributed by atoms with van der Waals surface area (Å²) < 4.78 is 1.05. The highest BCUT2D eigenvalue weighted by atomic mass is 79.9. The molecule has 0 fully saturated rings. The van der Waals surface area contributed by atoms with Gasteiger partial charge in [-0.15, -0.1) is 0 Å². The van der Waals surface area contributed by atoms with E-state index in [1.165, 1.54) is 0 Å². The first kappa shape index (κ1) is 15.1. The van der Waals surface area contributed by atoms with Crippen molar-refractivity contribution in [2.45, 2.75) is 9.79 Å². The second-order valence-corrected chi connectivity index (χ2v) is 6.78. The topological polar surface area (TPSA) is 17.1 Å². The number of ketones is 1. The Morgan fingerprint density at radius 3 is 2.14 bits per heavy atom. The molecule has 22 heavy (non-hydrogen) atoms. The van der Waals surface area contributed by atoms with Crippen LogP contribution in [0.1, 0.15) is 15.9 Å². The molecule has 0 aromatic heterocycles. The average molecular weight is 369 g/mol. The molecule has 0 heterocycles. The van der Waals surface area contributed by atoms with Gasteiger partial charge in [-0.1, -0.05) is 70.2 Å². The fourth-order valence-corrected chi connectivity index (χ4v) is 3.33. The van der Waals surface area contributed by atoms with Crippen LogP contribution in [0.4, 0.5) is 0 Å². The summed E-state index contributed by atoms with van der Waals surface area (Å²) in [7, 11) is 0. The van der Waals surface area contributed by atoms with Gasteiger partial charge in [-0.25, -0.2) is 0 Å². The highest BCUT2D eigenvalue weighted by molar-refractivity contribution is 9.10. The quantitative estimate of drug-likeness (QED) is 0.538. The van der Waals surface area contributed by atoms with Crippen LogP contribution in [0.2, 0.25) is 0 Å². The van der Waals surface area contributed by atoms with E-state index in [1.807, 2.05) is 78.9 Å². The Labute approximate surface area is 142 Å². The lowest BCUT2D eigenvalue weighted by molar-refractivity contribution is 0.103. The van der Waals surface area contributed by atoms with Crippen LogP contribution >= 0.6 is 27.7 Å². The van der Waals surface area contributed by atoms with Gasteiger partial charge in [0.1, 0.15) is 0 Å². The molecule has 0 spiro atoms. The van der Waals surface area contributed by atoms with E-state index in [0.29, 0.717) is 5.56 Å². The first-order chi connectivity index (χ1) is 10.7. The van der Waals surface area contributed by atoms with Gasteiger partial charge in [-0.2, -0.15) is 0 Å². The summed E-state index contributed by atoms with van der Waals surface area (Å²) in [6.07, 6.45) is 0. The Kier molecular flexibility index (Phi) is 4.76. The maximum atomic E-state index is 12.7. The van der Waals surface area contributed by atoms with Gasteiger partial charge in [0.25, 0.3) is 0 Å². The SMILES string of the molecule is O=C(c1ccccc1)c1ccccc1Sc1ccc(Br)cc1. The summed E-state index contributed by atoms with van der Waals surface area (Å²) in [4.78, 5) is 14.8. The standard InChI is InChI=1S/C19H13BrOS/c20-15-10-12-16(13-11-15)22-18-9-5-4-8-17(18)19(21)14-6-2-1-3-7-14/h1-13H. The number of carbonyl (C=O) groups excluding carboxylic acids is 1. The van der Waals surface area contributed by atoms with Gasteiger partial charge < -0.3 is 0 Å². The molecular weight excluding hydrogens is 356 g/mol. The highest BCUT2D eigenvalue weighted by Gasteiger charge is 2.13. The van der Waals surface area contributed by atoms with Crippen molar-refractivity contribution >= 4 is 33.5 Å². The fraction of sp³-hybridized carbons (Fsp3) is 0. The lowest BCUT2D eigenvalue weighted by atomic mass is 10.0. The summed E-state index contributed by atoms with van der Waals surface area (Å²) in [5, 5.41) is 0. The van der Waals surface area contributed by atoms with Crippen molar-refractivity contribution in [3.8, 4) is 0 Å². The minimum Gasteiger partial charge on any atom is -0.289 e. The minimum absolute atomic E-state index is 0.0563. The molecule has 0 saturated carbocycles. The van der Waals surface area contributed by atoms with Crippen LogP contribution in [0.3, 0.4) is 0 Å². The predicted molar refractivity (Wildman–Crippen MR) is 94.6 cm³/mol. The van der Waals surface area contributed by atoms with Gasteiger partial charge in [-0.3, -0.25) is 4.79 Å². The predicted octanol–water partition coefficient (Wildman–Crippen LogP) is 5.83. The van der Waals surface area contributed by atoms with Crippen LogP contribution in [0.15, 0.2) is 93.1 Å². The zero-order valence-corrected chi connectivity index (χ0v) is 14.1. The molecule has 0 aliphatic heterocycles. The summed E-state index contributed by atoms with van der Waals surface area (Å²) >= 11 is 5.04. The number of benzene rings is 3. The summed E-state index contributed by atoms with van der Waals surface area (Å²) in [5.74, 6) is 0.0563. The molecule has 0 amide bonds. The molecule has 3 heteroatoms. The normalized spacial score (nSPS) is 10.4. The van der Waals surface area contributed by atoms with E-state index in [1.54, 1.807) is 11.8 Å². The Morgan fingerprint density at radius 1 is 0.773 bits per heavy atom. The van der Waals surface area contributed by atoms with E-state index < -0.39 is 0 Å². The minimum atomic E-state index is 0.0563. The van der Waals surface area contributed by atoms with Crippen molar-refractivity contribution in [2.24, 2.45) is 0 Å². The Hall–Kier alpha value is -1.84. The van der Waals surface area contributed by atoms with E-state index in [4.69, 9.17) is 0 Å². The molecule has 3 rings (SSSR count). The van der Waals surface area contributed by atoms with E-state index in [0.717, 1.165) is 19.8 Å². The van der Waals surface area contributed by atoms with E-state index >= 15 is 0 Å². The lowest BCUT2D eigenvalue weighted by Crippen LogP contribution is -2.02. The van der Waals surface area contributed by atoms with Crippen molar-refractivity contribution in [2.75, 3.05) is 0 Å². The number of hydrogen-bond acceptors (Lipinski definition) is 2. The molecule has 3 aromatic carbocycles. The summed E-state index contributed by atoms with van der Waals surface area (Å²) in [6, 6.07) is 25.2. The Bertz CT molecular complexity index is 782. The molecule has 0 aliphatic rings. The van der Waals surface area contributed by atoms with Gasteiger partial charge in [0, 0.05) is 25.4 Å². The van der Waals surface area contributed by atoms with Gasteiger partial charge in [-0.05, 0) is 36.4 Å². The molecular formula is C19H13BrOS. The maximum Gasteiger partial charge on any atom is 0.194 e. The number of carbonyl (C=O) groups is 1. The van der Waals surface area contributed by atoms with Crippen LogP contribution in [-0.2, 0) is 0 Å². The smallest absolute Gasteiger partial charge is 0.194 e. The molecule has 0 saturated heterocycles. The molecule has 0 N–H and O–H groups in total. The third-order valence-electron chi connectivity index (χ3n) is 3.21. The Morgan fingerprint density at radius 2 is 1.41 bits per heavy atom. The number of halogens is 1. The van der Waals surface area contributed by atoms with Crippen molar-refractivity contribution < 1.29 is 4.79 Å². The molecule has 0 aliphatic carbocycles. The van der Waals surface area contributed by atoms with Crippen LogP contribution in [0, 0.1) is 0 Å². The van der Waals surface area contributed by atoms with Crippen molar-refractivity contribution in [1.82, 2.24) is 0 Å². The van der Waals surface area contributed by atoms with E-state index in [-0.39, 0.29) is 5.78 Å². The molecule has 0 bridgehead atoms. The molecule has 0 unspecified atom stereocenters. The zero-order valence-electron chi connectivity index (χ0n) is 11.7. The van der Waals surface area contributed by atoms with Gasteiger partial charge in [0.05, 0.1) is 0 Å². The lowest BCUT2D eigenvalue weighted by Gasteiger charge is -2.08. The number of hydrogen-bond donors (Lipinski definition) is 0. The van der Waals surface area contributed by atoms with Crippen molar-refractivity contribution in [1.29, 1.82) is 0 Å². The van der Waals surface area contributed by atoms with Crippen LogP contribution in [0.5, 0.6) is 0 Å². The van der Waals surface area contributed by atoms with Crippen molar-refractivity contribution in [3.63, 3.8) is 0 Å². The van der Waals surface area contributed by atoms with E-state index in [2.05, 4.69) is 15.9 Å². The second-order valence-electron chi connectivity index (χ2n) is 4.75.